The molecule has 12 heteroatoms. The largest absolute Gasteiger partial charge is 0.508 e. The zero-order valence-corrected chi connectivity index (χ0v) is 26.7. The maximum atomic E-state index is 13.3. The van der Waals surface area contributed by atoms with E-state index in [1.807, 2.05) is 32.8 Å². The molecule has 15 atom stereocenters. The minimum atomic E-state index is -1.76. The van der Waals surface area contributed by atoms with E-state index in [-0.39, 0.29) is 25.0 Å². The number of rotatable bonds is 4. The third-order valence-electron chi connectivity index (χ3n) is 9.67. The summed E-state index contributed by atoms with van der Waals surface area (Å²) in [4.78, 5) is 27.8. The summed E-state index contributed by atoms with van der Waals surface area (Å²) in [7, 11) is 3.71. The van der Waals surface area contributed by atoms with Gasteiger partial charge in [0.05, 0.1) is 29.8 Å². The van der Waals surface area contributed by atoms with Crippen molar-refractivity contribution in [2.75, 3.05) is 14.1 Å². The molecule has 3 rings (SSSR count). The Bertz CT molecular complexity index is 942. The van der Waals surface area contributed by atoms with Crippen molar-refractivity contribution < 1.29 is 53.7 Å². The second-order valence-electron chi connectivity index (χ2n) is 13.6. The van der Waals surface area contributed by atoms with E-state index in [4.69, 9.17) is 23.7 Å². The van der Waals surface area contributed by atoms with Gasteiger partial charge in [-0.05, 0) is 67.0 Å². The normalized spacial score (nSPS) is 49.5. The van der Waals surface area contributed by atoms with Crippen LogP contribution in [0.4, 0.5) is 4.79 Å². The summed E-state index contributed by atoms with van der Waals surface area (Å²) >= 11 is 0. The van der Waals surface area contributed by atoms with Crippen LogP contribution >= 0.6 is 0 Å². The van der Waals surface area contributed by atoms with Crippen LogP contribution in [0.1, 0.15) is 74.7 Å². The molecule has 3 fully saturated rings. The molecule has 3 heterocycles. The van der Waals surface area contributed by atoms with Crippen LogP contribution in [0.3, 0.4) is 0 Å². The first-order chi connectivity index (χ1) is 19.3. The summed E-state index contributed by atoms with van der Waals surface area (Å²) in [6, 6.07) is -0.270. The van der Waals surface area contributed by atoms with Crippen molar-refractivity contribution in [2.24, 2.45) is 23.7 Å². The molecule has 3 aliphatic rings. The predicted octanol–water partition coefficient (Wildman–Crippen LogP) is 1.83. The van der Waals surface area contributed by atoms with E-state index in [0.717, 1.165) is 0 Å². The molecule has 4 N–H and O–H groups in total. The quantitative estimate of drug-likeness (QED) is 0.345. The highest BCUT2D eigenvalue weighted by atomic mass is 16.7. The predicted molar refractivity (Wildman–Crippen MR) is 151 cm³/mol. The van der Waals surface area contributed by atoms with Crippen molar-refractivity contribution in [3.63, 3.8) is 0 Å². The maximum absolute atomic E-state index is 13.3. The molecule has 3 aliphatic heterocycles. The Morgan fingerprint density at radius 3 is 2.14 bits per heavy atom. The summed E-state index contributed by atoms with van der Waals surface area (Å²) < 4.78 is 29.2. The van der Waals surface area contributed by atoms with Crippen molar-refractivity contribution in [1.82, 2.24) is 4.90 Å². The Balaban J connectivity index is 2.06. The highest BCUT2D eigenvalue weighted by molar-refractivity contribution is 5.73. The Morgan fingerprint density at radius 1 is 0.952 bits per heavy atom. The maximum Gasteiger partial charge on any atom is 0.508 e. The number of fused-ring (bicyclic) bond motifs is 2. The summed E-state index contributed by atoms with van der Waals surface area (Å²) in [5.41, 5.74) is -3.41. The van der Waals surface area contributed by atoms with Crippen molar-refractivity contribution in [3.05, 3.63) is 0 Å². The second kappa shape index (κ2) is 13.2. The lowest BCUT2D eigenvalue weighted by molar-refractivity contribution is -0.300. The van der Waals surface area contributed by atoms with Crippen LogP contribution < -0.4 is 0 Å². The number of cyclic esters (lactones) is 1. The monoisotopic (exact) mass is 603 g/mol. The van der Waals surface area contributed by atoms with Crippen molar-refractivity contribution >= 4 is 12.1 Å². The molecule has 0 saturated carbocycles. The number of aliphatic hydroxyl groups excluding tert-OH is 2. The standard InChI is InChI=1S/C30H53NO11/c1-11-20-30(8,37)25-18(6)23(40-28(35)42-25)14(2)13-29(7,36)24(16(4)21(32)17(5)26(34)39-20)41-27-22(33)19(31(9)10)12-15(3)38-27/h14-25,27,32-33,36-37H,11-13H2,1-10H3/t14-,15-,16+,17-,18-,19+,20+,21+,22-,23+,24-,25-,27+,29+,30-/m1/s1. The van der Waals surface area contributed by atoms with Gasteiger partial charge < -0.3 is 49.0 Å². The van der Waals surface area contributed by atoms with E-state index >= 15 is 0 Å². The lowest BCUT2D eigenvalue weighted by Crippen LogP contribution is -2.62. The van der Waals surface area contributed by atoms with Crippen molar-refractivity contribution in [2.45, 2.75) is 141 Å². The van der Waals surface area contributed by atoms with Gasteiger partial charge in [0.25, 0.3) is 0 Å². The van der Waals surface area contributed by atoms with Crippen LogP contribution in [0.5, 0.6) is 0 Å². The fourth-order valence-corrected chi connectivity index (χ4v) is 7.26. The minimum Gasteiger partial charge on any atom is -0.459 e. The third kappa shape index (κ3) is 7.06. The van der Waals surface area contributed by atoms with Gasteiger partial charge in [-0.2, -0.15) is 0 Å². The van der Waals surface area contributed by atoms with Gasteiger partial charge in [0.15, 0.2) is 6.29 Å². The number of hydrogen-bond acceptors (Lipinski definition) is 12. The number of hydrogen-bond donors (Lipinski definition) is 4. The van der Waals surface area contributed by atoms with Crippen LogP contribution in [0.2, 0.25) is 0 Å². The average molecular weight is 604 g/mol. The third-order valence-corrected chi connectivity index (χ3v) is 9.67. The minimum absolute atomic E-state index is 0.0530. The molecule has 0 aliphatic carbocycles. The Hall–Kier alpha value is -1.54. The number of aliphatic hydroxyl groups is 4. The van der Waals surface area contributed by atoms with Gasteiger partial charge in [0.2, 0.25) is 0 Å². The van der Waals surface area contributed by atoms with E-state index < -0.39 is 89.9 Å². The van der Waals surface area contributed by atoms with Crippen LogP contribution in [0.15, 0.2) is 0 Å². The second-order valence-corrected chi connectivity index (χ2v) is 13.6. The summed E-state index contributed by atoms with van der Waals surface area (Å²) in [5.74, 6) is -3.66. The van der Waals surface area contributed by atoms with Gasteiger partial charge in [0, 0.05) is 17.9 Å². The van der Waals surface area contributed by atoms with Gasteiger partial charge in [-0.15, -0.1) is 0 Å². The molecule has 3 saturated heterocycles. The highest BCUT2D eigenvalue weighted by Gasteiger charge is 2.55. The van der Waals surface area contributed by atoms with E-state index in [2.05, 4.69) is 0 Å². The zero-order chi connectivity index (χ0) is 31.9. The van der Waals surface area contributed by atoms with E-state index in [9.17, 15) is 30.0 Å². The number of carbonyl (C=O) groups excluding carboxylic acids is 2. The van der Waals surface area contributed by atoms with Crippen LogP contribution in [0.25, 0.3) is 0 Å². The summed E-state index contributed by atoms with van der Waals surface area (Å²) in [5, 5.41) is 46.3. The molecule has 0 aromatic carbocycles. The molecule has 12 nitrogen and oxygen atoms in total. The van der Waals surface area contributed by atoms with Crippen molar-refractivity contribution in [1.29, 1.82) is 0 Å². The lowest BCUT2D eigenvalue weighted by Gasteiger charge is -2.49. The Kier molecular flexibility index (Phi) is 11.0. The smallest absolute Gasteiger partial charge is 0.459 e. The molecular weight excluding hydrogens is 550 g/mol. The molecule has 42 heavy (non-hydrogen) atoms. The first-order valence-corrected chi connectivity index (χ1v) is 15.2. The molecule has 0 unspecified atom stereocenters. The number of likely N-dealkylation sites (N-methyl/N-ethyl adjacent to an activating group) is 1. The molecular formula is C30H53NO11. The molecule has 0 radical (unpaired) electrons. The lowest BCUT2D eigenvalue weighted by atomic mass is 9.73. The number of carbonyl (C=O) groups is 2. The average Bonchev–Trinajstić information content (AvgIpc) is 2.90. The fourth-order valence-electron chi connectivity index (χ4n) is 7.26. The zero-order valence-electron chi connectivity index (χ0n) is 26.7. The topological polar surface area (TPSA) is 164 Å². The van der Waals surface area contributed by atoms with Gasteiger partial charge in [0.1, 0.15) is 30.0 Å². The molecule has 0 spiro atoms. The van der Waals surface area contributed by atoms with Gasteiger partial charge in [-0.1, -0.05) is 27.7 Å². The number of esters is 1. The molecule has 244 valence electrons. The molecule has 2 bridgehead atoms. The molecule has 0 aromatic heterocycles. The number of nitrogens with zero attached hydrogens (tertiary/aromatic N) is 1. The van der Waals surface area contributed by atoms with Gasteiger partial charge in [-0.3, -0.25) is 4.79 Å². The first-order valence-electron chi connectivity index (χ1n) is 15.2. The highest BCUT2D eigenvalue weighted by Crippen LogP contribution is 2.41. The SMILES string of the molecule is CC[C@@H]1OC(=O)[C@H](C)[C@@H](O)[C@H](C)[C@@H](O[C@@H]2O[C@H](C)C[C@H](N(C)C)[C@H]2O)[C@@](C)(O)C[C@@H](C)[C@@H]2OC(=O)O[C@H]([C@@H]2C)[C@]1(C)O. The molecule has 0 aromatic rings. The first kappa shape index (κ1) is 34.9. The van der Waals surface area contributed by atoms with Crippen LogP contribution in [-0.2, 0) is 28.5 Å². The van der Waals surface area contributed by atoms with Gasteiger partial charge in [-0.25, -0.2) is 4.79 Å². The van der Waals surface area contributed by atoms with Crippen molar-refractivity contribution in [3.8, 4) is 0 Å². The Morgan fingerprint density at radius 2 is 1.57 bits per heavy atom. The van der Waals surface area contributed by atoms with E-state index in [1.165, 1.54) is 13.8 Å². The van der Waals surface area contributed by atoms with E-state index in [1.54, 1.807) is 27.7 Å². The van der Waals surface area contributed by atoms with Gasteiger partial charge >= 0.3 is 12.1 Å². The molecule has 0 amide bonds. The summed E-state index contributed by atoms with van der Waals surface area (Å²) in [6.45, 7) is 13.4. The van der Waals surface area contributed by atoms with E-state index in [0.29, 0.717) is 6.42 Å². The number of ether oxygens (including phenoxy) is 5. The van der Waals surface area contributed by atoms with Crippen LogP contribution in [-0.4, -0.2) is 118 Å². The summed E-state index contributed by atoms with van der Waals surface area (Å²) in [6.07, 6.45) is -7.85. The fraction of sp³-hybridized carbons (Fsp3) is 0.933. The Labute approximate surface area is 249 Å². The van der Waals surface area contributed by atoms with Crippen LogP contribution in [0, 0.1) is 23.7 Å².